The van der Waals surface area contributed by atoms with E-state index >= 15 is 0 Å². The minimum absolute atomic E-state index is 0.158. The number of pyridine rings is 2. The third-order valence-corrected chi connectivity index (χ3v) is 8.29. The SMILES string of the molecule is CCOc1ccc(Cl)c(-n2c(C=C(C)C)c(C(=O)N3CCCCC3)cc(-c3nc(-c4ccc(C(F)(F)F)nc4)cs3)c2=O)c1. The fraction of sp³-hybridized carbons (Fsp3) is 0.312. The molecule has 0 aliphatic carbocycles. The third kappa shape index (κ3) is 6.58. The van der Waals surface area contributed by atoms with E-state index in [1.54, 1.807) is 40.6 Å². The summed E-state index contributed by atoms with van der Waals surface area (Å²) < 4.78 is 46.3. The molecule has 1 aliphatic heterocycles. The first-order valence-corrected chi connectivity index (χ1v) is 15.4. The summed E-state index contributed by atoms with van der Waals surface area (Å²) in [5.41, 5.74) is 1.30. The Hall–Kier alpha value is -3.96. The summed E-state index contributed by atoms with van der Waals surface area (Å²) in [5.74, 6) is 0.288. The van der Waals surface area contributed by atoms with Crippen LogP contribution in [0.3, 0.4) is 0 Å². The van der Waals surface area contributed by atoms with E-state index in [9.17, 15) is 22.8 Å². The fourth-order valence-corrected chi connectivity index (χ4v) is 6.08. The Kier molecular flexibility index (Phi) is 9.26. The van der Waals surface area contributed by atoms with Crippen molar-refractivity contribution in [3.05, 3.63) is 85.9 Å². The Morgan fingerprint density at radius 1 is 1.11 bits per heavy atom. The molecule has 7 nitrogen and oxygen atoms in total. The second-order valence-corrected chi connectivity index (χ2v) is 11.9. The van der Waals surface area contributed by atoms with Crippen LogP contribution in [0.4, 0.5) is 13.2 Å². The monoisotopic (exact) mass is 642 g/mol. The van der Waals surface area contributed by atoms with Gasteiger partial charge in [-0.2, -0.15) is 13.2 Å². The largest absolute Gasteiger partial charge is 0.494 e. The van der Waals surface area contributed by atoms with E-state index in [4.69, 9.17) is 16.3 Å². The molecule has 230 valence electrons. The van der Waals surface area contributed by atoms with E-state index in [1.807, 2.05) is 20.8 Å². The molecule has 44 heavy (non-hydrogen) atoms. The van der Waals surface area contributed by atoms with E-state index in [0.717, 1.165) is 48.4 Å². The first kappa shape index (κ1) is 31.5. The van der Waals surface area contributed by atoms with Gasteiger partial charge in [0, 0.05) is 36.3 Å². The standard InChI is InChI=1S/C32H30ClF3N4O3S/c1-4-43-21-9-10-24(33)27(15-21)40-26(14-19(2)3)22(30(41)39-12-6-5-7-13-39)16-23(31(40)42)29-38-25(18-44-29)20-8-11-28(37-17-20)32(34,35)36/h8-11,14-18H,4-7,12-13H2,1-3H3. The molecule has 0 unspecified atom stereocenters. The summed E-state index contributed by atoms with van der Waals surface area (Å²) in [6.07, 6.45) is 1.12. The molecular weight excluding hydrogens is 613 g/mol. The molecule has 0 radical (unpaired) electrons. The molecule has 12 heteroatoms. The van der Waals surface area contributed by atoms with E-state index in [-0.39, 0.29) is 16.5 Å². The Bertz CT molecular complexity index is 1770. The van der Waals surface area contributed by atoms with E-state index in [2.05, 4.69) is 9.97 Å². The molecular formula is C32H30ClF3N4O3S. The van der Waals surface area contributed by atoms with Crippen LogP contribution >= 0.6 is 22.9 Å². The number of alkyl halides is 3. The fourth-order valence-electron chi connectivity index (χ4n) is 5.04. The summed E-state index contributed by atoms with van der Waals surface area (Å²) >= 11 is 7.83. The van der Waals surface area contributed by atoms with Crippen molar-refractivity contribution in [3.63, 3.8) is 0 Å². The van der Waals surface area contributed by atoms with Crippen molar-refractivity contribution < 1.29 is 22.7 Å². The smallest absolute Gasteiger partial charge is 0.433 e. The van der Waals surface area contributed by atoms with Gasteiger partial charge < -0.3 is 9.64 Å². The molecule has 1 fully saturated rings. The zero-order chi connectivity index (χ0) is 31.6. The van der Waals surface area contributed by atoms with Gasteiger partial charge in [-0.1, -0.05) is 17.2 Å². The van der Waals surface area contributed by atoms with Crippen LogP contribution in [0.15, 0.2) is 58.3 Å². The molecule has 0 bridgehead atoms. The van der Waals surface area contributed by atoms with Crippen molar-refractivity contribution >= 4 is 34.9 Å². The minimum atomic E-state index is -4.57. The number of thiazole rings is 1. The Morgan fingerprint density at radius 2 is 1.86 bits per heavy atom. The summed E-state index contributed by atoms with van der Waals surface area (Å²) in [6.45, 7) is 7.20. The molecule has 4 heterocycles. The van der Waals surface area contributed by atoms with Gasteiger partial charge in [0.15, 0.2) is 0 Å². The number of benzene rings is 1. The maximum absolute atomic E-state index is 14.4. The second-order valence-electron chi connectivity index (χ2n) is 10.6. The quantitative estimate of drug-likeness (QED) is 0.203. The van der Waals surface area contributed by atoms with Gasteiger partial charge in [0.2, 0.25) is 0 Å². The first-order chi connectivity index (χ1) is 21.0. The number of likely N-dealkylation sites (tertiary alicyclic amines) is 1. The van der Waals surface area contributed by atoms with Crippen molar-refractivity contribution in [2.24, 2.45) is 0 Å². The molecule has 1 aromatic carbocycles. The molecule has 0 atom stereocenters. The Balaban J connectivity index is 1.74. The number of hydrogen-bond acceptors (Lipinski definition) is 6. The van der Waals surface area contributed by atoms with Gasteiger partial charge in [-0.25, -0.2) is 4.98 Å². The topological polar surface area (TPSA) is 77.3 Å². The van der Waals surface area contributed by atoms with E-state index < -0.39 is 17.4 Å². The summed E-state index contributed by atoms with van der Waals surface area (Å²) in [7, 11) is 0. The number of amides is 1. The predicted molar refractivity (Wildman–Crippen MR) is 167 cm³/mol. The molecule has 5 rings (SSSR count). The molecule has 1 saturated heterocycles. The molecule has 3 aromatic heterocycles. The lowest BCUT2D eigenvalue weighted by atomic mass is 10.0. The van der Waals surface area contributed by atoms with Crippen LogP contribution in [0.1, 0.15) is 61.8 Å². The Morgan fingerprint density at radius 3 is 2.50 bits per heavy atom. The highest BCUT2D eigenvalue weighted by molar-refractivity contribution is 7.13. The zero-order valence-corrected chi connectivity index (χ0v) is 25.9. The number of aromatic nitrogens is 3. The van der Waals surface area contributed by atoms with Crippen LogP contribution < -0.4 is 10.3 Å². The van der Waals surface area contributed by atoms with Crippen LogP contribution in [0.5, 0.6) is 5.75 Å². The van der Waals surface area contributed by atoms with Crippen LogP contribution in [-0.4, -0.2) is 45.0 Å². The molecule has 1 amide bonds. The van der Waals surface area contributed by atoms with Gasteiger partial charge in [0.05, 0.1) is 39.8 Å². The number of carbonyl (C=O) groups is 1. The number of piperidine rings is 1. The summed E-state index contributed by atoms with van der Waals surface area (Å²) in [6, 6.07) is 8.75. The number of allylic oxidation sites excluding steroid dienone is 1. The Labute approximate surface area is 261 Å². The van der Waals surface area contributed by atoms with Gasteiger partial charge in [-0.05, 0) is 76.4 Å². The second kappa shape index (κ2) is 13.0. The lowest BCUT2D eigenvalue weighted by Crippen LogP contribution is -2.37. The van der Waals surface area contributed by atoms with E-state index in [0.29, 0.717) is 58.7 Å². The molecule has 0 N–H and O–H groups in total. The molecule has 0 spiro atoms. The number of rotatable bonds is 7. The highest BCUT2D eigenvalue weighted by Gasteiger charge is 2.32. The molecule has 0 saturated carbocycles. The normalized spacial score (nSPS) is 13.6. The minimum Gasteiger partial charge on any atom is -0.494 e. The zero-order valence-electron chi connectivity index (χ0n) is 24.4. The van der Waals surface area contributed by atoms with Gasteiger partial charge >= 0.3 is 6.18 Å². The summed E-state index contributed by atoms with van der Waals surface area (Å²) in [5, 5.41) is 2.22. The number of hydrogen-bond donors (Lipinski definition) is 0. The number of carbonyl (C=O) groups excluding carboxylic acids is 1. The lowest BCUT2D eigenvalue weighted by Gasteiger charge is -2.28. The number of halogens is 4. The number of nitrogens with zero attached hydrogens (tertiary/aromatic N) is 4. The van der Waals surface area contributed by atoms with Crippen LogP contribution in [0.25, 0.3) is 33.6 Å². The van der Waals surface area contributed by atoms with Crippen LogP contribution in [-0.2, 0) is 6.18 Å². The van der Waals surface area contributed by atoms with Crippen LogP contribution in [0.2, 0.25) is 5.02 Å². The van der Waals surface area contributed by atoms with Crippen molar-refractivity contribution in [1.29, 1.82) is 0 Å². The number of ether oxygens (including phenoxy) is 1. The van der Waals surface area contributed by atoms with Gasteiger partial charge in [-0.3, -0.25) is 19.1 Å². The predicted octanol–water partition coefficient (Wildman–Crippen LogP) is 8.14. The molecule has 4 aromatic rings. The van der Waals surface area contributed by atoms with Crippen LogP contribution in [0, 0.1) is 0 Å². The lowest BCUT2D eigenvalue weighted by molar-refractivity contribution is -0.141. The summed E-state index contributed by atoms with van der Waals surface area (Å²) in [4.78, 5) is 38.4. The highest BCUT2D eigenvalue weighted by Crippen LogP contribution is 2.34. The molecule has 1 aliphatic rings. The first-order valence-electron chi connectivity index (χ1n) is 14.1. The van der Waals surface area contributed by atoms with Gasteiger partial charge in [0.25, 0.3) is 11.5 Å². The van der Waals surface area contributed by atoms with Crippen molar-refractivity contribution in [3.8, 4) is 33.3 Å². The van der Waals surface area contributed by atoms with Gasteiger partial charge in [-0.15, -0.1) is 11.3 Å². The maximum Gasteiger partial charge on any atom is 0.433 e. The van der Waals surface area contributed by atoms with Gasteiger partial charge in [0.1, 0.15) is 16.5 Å². The van der Waals surface area contributed by atoms with E-state index in [1.165, 1.54) is 10.6 Å². The average molecular weight is 643 g/mol. The highest BCUT2D eigenvalue weighted by atomic mass is 35.5. The average Bonchev–Trinajstić information content (AvgIpc) is 3.48. The van der Waals surface area contributed by atoms with Crippen molar-refractivity contribution in [2.75, 3.05) is 19.7 Å². The maximum atomic E-state index is 14.4. The van der Waals surface area contributed by atoms with Crippen molar-refractivity contribution in [2.45, 2.75) is 46.2 Å². The third-order valence-electron chi connectivity index (χ3n) is 7.09. The van der Waals surface area contributed by atoms with Crippen molar-refractivity contribution in [1.82, 2.24) is 19.4 Å².